The van der Waals surface area contributed by atoms with Crippen molar-refractivity contribution in [1.29, 1.82) is 0 Å². The maximum atomic E-state index is 12.4. The standard InChI is InChI=1S/C19H33N5O2/c1-15-11-16(2)13-23(12-15)9-5-7-20-18(25)14-22(4)19(26)17(3)24-10-6-8-21-24/h6,8,10,15-17H,5,7,9,11-14H2,1-4H3,(H,20,25). The lowest BCUT2D eigenvalue weighted by molar-refractivity contribution is -0.137. The van der Waals surface area contributed by atoms with E-state index < -0.39 is 6.04 Å². The Morgan fingerprint density at radius 1 is 1.31 bits per heavy atom. The third kappa shape index (κ3) is 6.12. The Bertz CT molecular complexity index is 564. The van der Waals surface area contributed by atoms with Crippen LogP contribution in [0.15, 0.2) is 18.5 Å². The van der Waals surface area contributed by atoms with E-state index in [0.29, 0.717) is 6.54 Å². The molecule has 2 amide bonds. The molecule has 7 nitrogen and oxygen atoms in total. The molecule has 0 bridgehead atoms. The monoisotopic (exact) mass is 363 g/mol. The third-order valence-electron chi connectivity index (χ3n) is 4.95. The van der Waals surface area contributed by atoms with E-state index in [-0.39, 0.29) is 18.4 Å². The summed E-state index contributed by atoms with van der Waals surface area (Å²) < 4.78 is 1.59. The molecular formula is C19H33N5O2. The summed E-state index contributed by atoms with van der Waals surface area (Å²) in [5.74, 6) is 1.27. The van der Waals surface area contributed by atoms with Crippen LogP contribution < -0.4 is 5.32 Å². The van der Waals surface area contributed by atoms with Gasteiger partial charge in [0, 0.05) is 39.1 Å². The number of aromatic nitrogens is 2. The van der Waals surface area contributed by atoms with Crippen LogP contribution in [0.1, 0.15) is 39.7 Å². The van der Waals surface area contributed by atoms with Gasteiger partial charge in [-0.25, -0.2) is 0 Å². The van der Waals surface area contributed by atoms with Crippen molar-refractivity contribution in [2.75, 3.05) is 39.8 Å². The van der Waals surface area contributed by atoms with E-state index in [1.165, 1.54) is 11.3 Å². The minimum Gasteiger partial charge on any atom is -0.355 e. The number of hydrogen-bond donors (Lipinski definition) is 1. The Labute approximate surface area is 156 Å². The molecule has 1 aliphatic rings. The summed E-state index contributed by atoms with van der Waals surface area (Å²) in [5.41, 5.74) is 0. The summed E-state index contributed by atoms with van der Waals surface area (Å²) in [5, 5.41) is 7.00. The zero-order chi connectivity index (χ0) is 19.1. The molecule has 7 heteroatoms. The topological polar surface area (TPSA) is 70.5 Å². The normalized spacial score (nSPS) is 22.0. The molecule has 146 valence electrons. The lowest BCUT2D eigenvalue weighted by Gasteiger charge is -2.34. The van der Waals surface area contributed by atoms with E-state index in [1.807, 2.05) is 0 Å². The fourth-order valence-corrected chi connectivity index (χ4v) is 3.80. The van der Waals surface area contributed by atoms with Crippen LogP contribution >= 0.6 is 0 Å². The Morgan fingerprint density at radius 3 is 2.62 bits per heavy atom. The average molecular weight is 364 g/mol. The van der Waals surface area contributed by atoms with Gasteiger partial charge in [-0.3, -0.25) is 14.3 Å². The number of amides is 2. The Balaban J connectivity index is 1.64. The summed E-state index contributed by atoms with van der Waals surface area (Å²) in [6.45, 7) is 10.4. The minimum atomic E-state index is -0.411. The van der Waals surface area contributed by atoms with Gasteiger partial charge in [0.15, 0.2) is 0 Å². The van der Waals surface area contributed by atoms with Crippen LogP contribution in [0.3, 0.4) is 0 Å². The molecule has 3 atom stereocenters. The molecule has 0 saturated carbocycles. The number of carbonyl (C=O) groups is 2. The van der Waals surface area contributed by atoms with Crippen LogP contribution in [-0.4, -0.2) is 71.2 Å². The van der Waals surface area contributed by atoms with Crippen molar-refractivity contribution < 1.29 is 9.59 Å². The van der Waals surface area contributed by atoms with Gasteiger partial charge in [-0.2, -0.15) is 5.10 Å². The van der Waals surface area contributed by atoms with Gasteiger partial charge in [-0.15, -0.1) is 0 Å². The Kier molecular flexibility index (Phi) is 7.63. The van der Waals surface area contributed by atoms with Crippen molar-refractivity contribution in [3.05, 3.63) is 18.5 Å². The second kappa shape index (κ2) is 9.71. The van der Waals surface area contributed by atoms with Crippen LogP contribution in [0.25, 0.3) is 0 Å². The molecule has 26 heavy (non-hydrogen) atoms. The summed E-state index contributed by atoms with van der Waals surface area (Å²) >= 11 is 0. The summed E-state index contributed by atoms with van der Waals surface area (Å²) in [7, 11) is 1.65. The first-order chi connectivity index (χ1) is 12.4. The van der Waals surface area contributed by atoms with Gasteiger partial charge in [-0.1, -0.05) is 13.8 Å². The van der Waals surface area contributed by atoms with Crippen molar-refractivity contribution in [3.63, 3.8) is 0 Å². The molecule has 0 aromatic carbocycles. The highest BCUT2D eigenvalue weighted by molar-refractivity contribution is 5.86. The van der Waals surface area contributed by atoms with Crippen molar-refractivity contribution in [2.45, 2.75) is 39.7 Å². The number of piperidine rings is 1. The lowest BCUT2D eigenvalue weighted by Crippen LogP contribution is -2.42. The van der Waals surface area contributed by atoms with E-state index in [1.54, 1.807) is 37.1 Å². The molecule has 0 spiro atoms. The number of likely N-dealkylation sites (tertiary alicyclic amines) is 1. The second-order valence-electron chi connectivity index (χ2n) is 7.77. The van der Waals surface area contributed by atoms with E-state index in [9.17, 15) is 9.59 Å². The predicted octanol–water partition coefficient (Wildman–Crippen LogP) is 1.39. The fraction of sp³-hybridized carbons (Fsp3) is 0.737. The van der Waals surface area contributed by atoms with E-state index in [4.69, 9.17) is 0 Å². The quantitative estimate of drug-likeness (QED) is 0.709. The number of rotatable bonds is 8. The van der Waals surface area contributed by atoms with Gasteiger partial charge in [0.05, 0.1) is 6.54 Å². The number of carbonyl (C=O) groups excluding carboxylic acids is 2. The molecule has 3 unspecified atom stereocenters. The largest absolute Gasteiger partial charge is 0.355 e. The Morgan fingerprint density at radius 2 is 2.00 bits per heavy atom. The molecule has 1 aliphatic heterocycles. The Hall–Kier alpha value is -1.89. The highest BCUT2D eigenvalue weighted by Crippen LogP contribution is 2.20. The summed E-state index contributed by atoms with van der Waals surface area (Å²) in [6.07, 6.45) is 5.64. The average Bonchev–Trinajstić information content (AvgIpc) is 3.11. The van der Waals surface area contributed by atoms with Crippen LogP contribution in [0.2, 0.25) is 0 Å². The molecule has 1 N–H and O–H groups in total. The maximum absolute atomic E-state index is 12.4. The molecule has 1 aromatic rings. The molecule has 2 heterocycles. The smallest absolute Gasteiger partial charge is 0.247 e. The van der Waals surface area contributed by atoms with E-state index >= 15 is 0 Å². The molecule has 1 saturated heterocycles. The van der Waals surface area contributed by atoms with Gasteiger partial charge in [0.25, 0.3) is 0 Å². The van der Waals surface area contributed by atoms with E-state index in [2.05, 4.69) is 29.2 Å². The number of likely N-dealkylation sites (N-methyl/N-ethyl adjacent to an activating group) is 1. The van der Waals surface area contributed by atoms with Gasteiger partial charge < -0.3 is 15.1 Å². The van der Waals surface area contributed by atoms with Crippen LogP contribution in [0, 0.1) is 11.8 Å². The summed E-state index contributed by atoms with van der Waals surface area (Å²) in [4.78, 5) is 28.4. The lowest BCUT2D eigenvalue weighted by atomic mass is 9.92. The van der Waals surface area contributed by atoms with Crippen molar-refractivity contribution in [1.82, 2.24) is 24.9 Å². The first kappa shape index (κ1) is 20.4. The number of hydrogen-bond acceptors (Lipinski definition) is 4. The molecule has 1 fully saturated rings. The third-order valence-corrected chi connectivity index (χ3v) is 4.95. The van der Waals surface area contributed by atoms with E-state index in [0.717, 1.165) is 37.9 Å². The zero-order valence-electron chi connectivity index (χ0n) is 16.5. The SMILES string of the molecule is CC1CC(C)CN(CCCNC(=O)CN(C)C(=O)C(C)n2cccn2)C1. The fourth-order valence-electron chi connectivity index (χ4n) is 3.80. The van der Waals surface area contributed by atoms with Crippen molar-refractivity contribution >= 4 is 11.8 Å². The van der Waals surface area contributed by atoms with Crippen LogP contribution in [0.5, 0.6) is 0 Å². The number of nitrogens with zero attached hydrogens (tertiary/aromatic N) is 4. The van der Waals surface area contributed by atoms with Crippen LogP contribution in [0.4, 0.5) is 0 Å². The zero-order valence-corrected chi connectivity index (χ0v) is 16.5. The molecule has 2 rings (SSSR count). The first-order valence-electron chi connectivity index (χ1n) is 9.60. The van der Waals surface area contributed by atoms with Gasteiger partial charge in [0.2, 0.25) is 11.8 Å². The van der Waals surface area contributed by atoms with Crippen LogP contribution in [-0.2, 0) is 9.59 Å². The maximum Gasteiger partial charge on any atom is 0.247 e. The van der Waals surface area contributed by atoms with Crippen molar-refractivity contribution in [3.8, 4) is 0 Å². The summed E-state index contributed by atoms with van der Waals surface area (Å²) in [6, 6.07) is 1.37. The molecular weight excluding hydrogens is 330 g/mol. The molecule has 1 aromatic heterocycles. The van der Waals surface area contributed by atoms with Gasteiger partial charge >= 0.3 is 0 Å². The van der Waals surface area contributed by atoms with Gasteiger partial charge in [-0.05, 0) is 44.2 Å². The molecule has 0 aliphatic carbocycles. The second-order valence-corrected chi connectivity index (χ2v) is 7.77. The predicted molar refractivity (Wildman–Crippen MR) is 102 cm³/mol. The van der Waals surface area contributed by atoms with Crippen molar-refractivity contribution in [2.24, 2.45) is 11.8 Å². The minimum absolute atomic E-state index is 0.0717. The highest BCUT2D eigenvalue weighted by Gasteiger charge is 2.22. The number of nitrogens with one attached hydrogen (secondary N) is 1. The molecule has 0 radical (unpaired) electrons. The highest BCUT2D eigenvalue weighted by atomic mass is 16.2. The van der Waals surface area contributed by atoms with Gasteiger partial charge in [0.1, 0.15) is 6.04 Å². The first-order valence-corrected chi connectivity index (χ1v) is 9.60.